The Hall–Kier alpha value is -4.44. The highest BCUT2D eigenvalue weighted by atomic mass is 15.4. The number of nitrogens with one attached hydrogen (secondary N) is 2. The Morgan fingerprint density at radius 1 is 0.471 bits per heavy atom. The Morgan fingerprint density at radius 2 is 0.912 bits per heavy atom. The minimum absolute atomic E-state index is 0.857. The van der Waals surface area contributed by atoms with Gasteiger partial charge in [0, 0.05) is 25.5 Å². The van der Waals surface area contributed by atoms with Gasteiger partial charge in [-0.15, -0.1) is 0 Å². The molecule has 0 spiro atoms. The fourth-order valence-electron chi connectivity index (χ4n) is 4.50. The Morgan fingerprint density at radius 3 is 1.35 bits per heavy atom. The predicted octanol–water partition coefficient (Wildman–Crippen LogP) is 7.13. The van der Waals surface area contributed by atoms with Crippen molar-refractivity contribution < 1.29 is 0 Å². The molecule has 2 aromatic heterocycles. The summed E-state index contributed by atoms with van der Waals surface area (Å²) in [4.78, 5) is 0. The monoisotopic (exact) mass is 442 g/mol. The number of fused-ring (bicyclic) bond motifs is 2. The predicted molar refractivity (Wildman–Crippen MR) is 142 cm³/mol. The third-order valence-corrected chi connectivity index (χ3v) is 6.29. The average Bonchev–Trinajstić information content (AvgIpc) is 3.47. The molecule has 166 valence electrons. The molecule has 0 saturated carbocycles. The molecular weight excluding hydrogens is 416 g/mol. The van der Waals surface area contributed by atoms with Crippen LogP contribution in [0.3, 0.4) is 0 Å². The fourth-order valence-corrected chi connectivity index (χ4v) is 4.50. The fraction of sp³-hybridized carbons (Fsp3) is 0.0667. The van der Waals surface area contributed by atoms with E-state index in [2.05, 4.69) is 142 Å². The highest BCUT2D eigenvalue weighted by Gasteiger charge is 2.06. The van der Waals surface area contributed by atoms with Crippen LogP contribution in [0.2, 0.25) is 0 Å². The van der Waals surface area contributed by atoms with Gasteiger partial charge < -0.3 is 20.0 Å². The zero-order valence-corrected chi connectivity index (χ0v) is 18.9. The molecular formula is C30H26N4. The summed E-state index contributed by atoms with van der Waals surface area (Å²) in [7, 11) is 0. The van der Waals surface area contributed by atoms with Crippen LogP contribution >= 0.6 is 0 Å². The minimum atomic E-state index is 0.857. The zero-order valence-electron chi connectivity index (χ0n) is 18.9. The molecule has 4 heteroatoms. The standard InChI is InChI=1S/C30H26N4/c1-3-7-23(8-4-1)21-33-17-15-25-11-13-27(19-29(25)33)31-32-28-14-12-26-16-18-34(30(26)20-28)22-24-9-5-2-6-10-24/h1-20,31-32H,21-22H2. The molecule has 2 heterocycles. The van der Waals surface area contributed by atoms with E-state index in [1.165, 1.54) is 32.9 Å². The van der Waals surface area contributed by atoms with Crippen LogP contribution in [0.1, 0.15) is 11.1 Å². The maximum Gasteiger partial charge on any atom is 0.0561 e. The molecule has 4 aromatic carbocycles. The molecule has 0 saturated heterocycles. The number of nitrogens with zero attached hydrogens (tertiary/aromatic N) is 2. The minimum Gasteiger partial charge on any atom is -0.343 e. The summed E-state index contributed by atoms with van der Waals surface area (Å²) in [5.41, 5.74) is 13.8. The van der Waals surface area contributed by atoms with Crippen LogP contribution in [0.15, 0.2) is 122 Å². The van der Waals surface area contributed by atoms with Crippen LogP contribution in [0, 0.1) is 0 Å². The zero-order chi connectivity index (χ0) is 22.7. The van der Waals surface area contributed by atoms with Gasteiger partial charge in [-0.25, -0.2) is 0 Å². The highest BCUT2D eigenvalue weighted by Crippen LogP contribution is 2.24. The van der Waals surface area contributed by atoms with E-state index in [9.17, 15) is 0 Å². The number of rotatable bonds is 7. The Labute approximate surface area is 199 Å². The van der Waals surface area contributed by atoms with Crippen molar-refractivity contribution >= 4 is 33.2 Å². The van der Waals surface area contributed by atoms with Crippen molar-refractivity contribution in [1.82, 2.24) is 9.13 Å². The third kappa shape index (κ3) is 4.14. The second-order valence-corrected chi connectivity index (χ2v) is 8.66. The first-order valence-corrected chi connectivity index (χ1v) is 11.6. The van der Waals surface area contributed by atoms with Crippen LogP contribution in [0.4, 0.5) is 11.4 Å². The molecule has 4 nitrogen and oxygen atoms in total. The SMILES string of the molecule is c1ccc(Cn2ccc3ccc(NNc4ccc5ccn(Cc6ccccc6)c5c4)cc32)cc1. The summed E-state index contributed by atoms with van der Waals surface area (Å²) in [6, 6.07) is 38.4. The van der Waals surface area contributed by atoms with Crippen molar-refractivity contribution in [1.29, 1.82) is 0 Å². The summed E-state index contributed by atoms with van der Waals surface area (Å²) < 4.78 is 4.58. The topological polar surface area (TPSA) is 33.9 Å². The molecule has 0 unspecified atom stereocenters. The second-order valence-electron chi connectivity index (χ2n) is 8.66. The first kappa shape index (κ1) is 20.2. The van der Waals surface area contributed by atoms with Gasteiger partial charge in [0.15, 0.2) is 0 Å². The third-order valence-electron chi connectivity index (χ3n) is 6.29. The summed E-state index contributed by atoms with van der Waals surface area (Å²) in [5.74, 6) is 0. The van der Waals surface area contributed by atoms with E-state index in [1.807, 2.05) is 0 Å². The number of hydrogen-bond donors (Lipinski definition) is 2. The molecule has 0 atom stereocenters. The largest absolute Gasteiger partial charge is 0.343 e. The highest BCUT2D eigenvalue weighted by molar-refractivity contribution is 5.85. The van der Waals surface area contributed by atoms with E-state index in [1.54, 1.807) is 0 Å². The summed E-state index contributed by atoms with van der Waals surface area (Å²) >= 11 is 0. The van der Waals surface area contributed by atoms with Gasteiger partial charge in [0.05, 0.1) is 22.4 Å². The van der Waals surface area contributed by atoms with Crippen LogP contribution in [0.5, 0.6) is 0 Å². The summed E-state index contributed by atoms with van der Waals surface area (Å²) in [6.07, 6.45) is 4.31. The maximum atomic E-state index is 3.39. The van der Waals surface area contributed by atoms with E-state index < -0.39 is 0 Å². The second kappa shape index (κ2) is 8.83. The molecule has 0 radical (unpaired) electrons. The number of aromatic nitrogens is 2. The number of anilines is 2. The van der Waals surface area contributed by atoms with Crippen LogP contribution in [-0.4, -0.2) is 9.13 Å². The Kier molecular flexibility index (Phi) is 5.24. The van der Waals surface area contributed by atoms with Gasteiger partial charge in [-0.2, -0.15) is 0 Å². The van der Waals surface area contributed by atoms with Crippen molar-refractivity contribution in [3.05, 3.63) is 133 Å². The lowest BCUT2D eigenvalue weighted by atomic mass is 10.2. The molecule has 34 heavy (non-hydrogen) atoms. The lowest BCUT2D eigenvalue weighted by Crippen LogP contribution is -2.09. The molecule has 0 aliphatic carbocycles. The van der Waals surface area contributed by atoms with Crippen LogP contribution in [0.25, 0.3) is 21.8 Å². The van der Waals surface area contributed by atoms with Gasteiger partial charge in [0.2, 0.25) is 0 Å². The first-order valence-electron chi connectivity index (χ1n) is 11.6. The van der Waals surface area contributed by atoms with E-state index in [0.717, 1.165) is 24.5 Å². The van der Waals surface area contributed by atoms with Crippen LogP contribution in [-0.2, 0) is 13.1 Å². The average molecular weight is 443 g/mol. The van der Waals surface area contributed by atoms with E-state index in [-0.39, 0.29) is 0 Å². The quantitative estimate of drug-likeness (QED) is 0.258. The lowest BCUT2D eigenvalue weighted by Gasteiger charge is -2.12. The molecule has 6 rings (SSSR count). The van der Waals surface area contributed by atoms with E-state index in [4.69, 9.17) is 0 Å². The number of hydrazine groups is 1. The molecule has 2 N–H and O–H groups in total. The molecule has 0 aliphatic heterocycles. The van der Waals surface area contributed by atoms with Crippen molar-refractivity contribution in [2.24, 2.45) is 0 Å². The molecule has 0 amide bonds. The molecule has 0 fully saturated rings. The Balaban J connectivity index is 1.21. The van der Waals surface area contributed by atoms with E-state index in [0.29, 0.717) is 0 Å². The molecule has 0 bridgehead atoms. The number of benzene rings is 4. The summed E-state index contributed by atoms with van der Waals surface area (Å²) in [5, 5.41) is 2.48. The van der Waals surface area contributed by atoms with Gasteiger partial charge in [-0.05, 0) is 58.3 Å². The van der Waals surface area contributed by atoms with Crippen molar-refractivity contribution in [2.75, 3.05) is 10.9 Å². The normalized spacial score (nSPS) is 11.2. The van der Waals surface area contributed by atoms with Gasteiger partial charge >= 0.3 is 0 Å². The van der Waals surface area contributed by atoms with Crippen molar-refractivity contribution in [3.8, 4) is 0 Å². The maximum absolute atomic E-state index is 3.39. The van der Waals surface area contributed by atoms with Gasteiger partial charge in [-0.3, -0.25) is 0 Å². The van der Waals surface area contributed by atoms with E-state index >= 15 is 0 Å². The molecule has 6 aromatic rings. The van der Waals surface area contributed by atoms with Crippen molar-refractivity contribution in [2.45, 2.75) is 13.1 Å². The smallest absolute Gasteiger partial charge is 0.0561 e. The lowest BCUT2D eigenvalue weighted by molar-refractivity contribution is 0.837. The first-order chi connectivity index (χ1) is 16.8. The Bertz CT molecular complexity index is 1430. The van der Waals surface area contributed by atoms with Gasteiger partial charge in [0.25, 0.3) is 0 Å². The van der Waals surface area contributed by atoms with Crippen molar-refractivity contribution in [3.63, 3.8) is 0 Å². The van der Waals surface area contributed by atoms with Gasteiger partial charge in [0.1, 0.15) is 0 Å². The summed E-state index contributed by atoms with van der Waals surface area (Å²) in [6.45, 7) is 1.71. The van der Waals surface area contributed by atoms with Gasteiger partial charge in [-0.1, -0.05) is 72.8 Å². The van der Waals surface area contributed by atoms with Crippen LogP contribution < -0.4 is 10.9 Å². The number of hydrogen-bond acceptors (Lipinski definition) is 2. The molecule has 0 aliphatic rings.